The van der Waals surface area contributed by atoms with Crippen LogP contribution < -0.4 is 0 Å². The van der Waals surface area contributed by atoms with Crippen LogP contribution in [0.2, 0.25) is 0 Å². The molecule has 0 amide bonds. The maximum Gasteiger partial charge on any atom is 0.341 e. The Bertz CT molecular complexity index is 421. The molecule has 0 aliphatic heterocycles. The van der Waals surface area contributed by atoms with Crippen LogP contribution >= 0.6 is 0 Å². The van der Waals surface area contributed by atoms with Crippen molar-refractivity contribution < 1.29 is 9.53 Å². The molecule has 0 radical (unpaired) electrons. The van der Waals surface area contributed by atoms with Crippen molar-refractivity contribution in [2.24, 2.45) is 5.92 Å². The third-order valence-electron chi connectivity index (χ3n) is 4.21. The van der Waals surface area contributed by atoms with Gasteiger partial charge in [-0.1, -0.05) is 52.4 Å². The summed E-state index contributed by atoms with van der Waals surface area (Å²) in [5.74, 6) is 0.257. The number of ether oxygens (including phenoxy) is 1. The molecule has 0 spiro atoms. The predicted octanol–water partition coefficient (Wildman–Crippen LogP) is 4.96. The Labute approximate surface area is 135 Å². The SMILES string of the molecule is CCCCCCC(CCCC)COC(=O)c1c(C)n[nH]c1C. The third kappa shape index (κ3) is 6.20. The van der Waals surface area contributed by atoms with Crippen LogP contribution in [0.25, 0.3) is 0 Å². The number of hydrogen-bond donors (Lipinski definition) is 1. The number of nitrogens with zero attached hydrogens (tertiary/aromatic N) is 1. The van der Waals surface area contributed by atoms with Gasteiger partial charge in [-0.05, 0) is 32.6 Å². The molecule has 4 heteroatoms. The highest BCUT2D eigenvalue weighted by atomic mass is 16.5. The number of aromatic amines is 1. The Kier molecular flexibility index (Phi) is 8.86. The molecule has 4 nitrogen and oxygen atoms in total. The van der Waals surface area contributed by atoms with E-state index in [1.165, 1.54) is 38.5 Å². The highest BCUT2D eigenvalue weighted by molar-refractivity contribution is 5.91. The van der Waals surface area contributed by atoms with Gasteiger partial charge in [0.25, 0.3) is 0 Å². The number of esters is 1. The van der Waals surface area contributed by atoms with Crippen LogP contribution in [0.5, 0.6) is 0 Å². The van der Waals surface area contributed by atoms with Crippen molar-refractivity contribution in [3.05, 3.63) is 17.0 Å². The first-order valence-corrected chi connectivity index (χ1v) is 8.78. The summed E-state index contributed by atoms with van der Waals surface area (Å²) in [7, 11) is 0. The van der Waals surface area contributed by atoms with E-state index in [-0.39, 0.29) is 5.97 Å². The van der Waals surface area contributed by atoms with E-state index in [0.29, 0.717) is 18.1 Å². The first-order valence-electron chi connectivity index (χ1n) is 8.78. The van der Waals surface area contributed by atoms with Crippen LogP contribution in [-0.4, -0.2) is 22.8 Å². The molecule has 0 bridgehead atoms. The molecule has 1 rings (SSSR count). The first-order chi connectivity index (χ1) is 10.6. The first kappa shape index (κ1) is 18.7. The molecule has 0 aliphatic rings. The second kappa shape index (κ2) is 10.4. The zero-order valence-corrected chi connectivity index (χ0v) is 14.7. The molecule has 1 atom stereocenters. The van der Waals surface area contributed by atoms with Gasteiger partial charge in [0, 0.05) is 5.69 Å². The Morgan fingerprint density at radius 1 is 1.09 bits per heavy atom. The molecule has 0 aliphatic carbocycles. The Morgan fingerprint density at radius 3 is 2.36 bits per heavy atom. The molecule has 0 saturated carbocycles. The van der Waals surface area contributed by atoms with Crippen molar-refractivity contribution in [1.29, 1.82) is 0 Å². The Hall–Kier alpha value is -1.32. The molecule has 1 unspecified atom stereocenters. The lowest BCUT2D eigenvalue weighted by molar-refractivity contribution is 0.0421. The Balaban J connectivity index is 2.45. The van der Waals surface area contributed by atoms with Crippen LogP contribution in [0.4, 0.5) is 0 Å². The fourth-order valence-corrected chi connectivity index (χ4v) is 2.78. The van der Waals surface area contributed by atoms with E-state index in [1.54, 1.807) is 0 Å². The quantitative estimate of drug-likeness (QED) is 0.464. The van der Waals surface area contributed by atoms with E-state index < -0.39 is 0 Å². The van der Waals surface area contributed by atoms with Crippen LogP contribution in [0.1, 0.15) is 87.0 Å². The van der Waals surface area contributed by atoms with Crippen molar-refractivity contribution >= 4 is 5.97 Å². The van der Waals surface area contributed by atoms with Crippen LogP contribution in [0.15, 0.2) is 0 Å². The van der Waals surface area contributed by atoms with Crippen LogP contribution in [0.3, 0.4) is 0 Å². The molecular weight excluding hydrogens is 276 g/mol. The van der Waals surface area contributed by atoms with Gasteiger partial charge in [0.2, 0.25) is 0 Å². The summed E-state index contributed by atoms with van der Waals surface area (Å²) >= 11 is 0. The van der Waals surface area contributed by atoms with Gasteiger partial charge in [-0.3, -0.25) is 5.10 Å². The lowest BCUT2D eigenvalue weighted by atomic mass is 9.96. The van der Waals surface area contributed by atoms with Crippen molar-refractivity contribution in [2.45, 2.75) is 79.1 Å². The molecule has 126 valence electrons. The molecule has 0 fully saturated rings. The number of carbonyl (C=O) groups excluding carboxylic acids is 1. The summed E-state index contributed by atoms with van der Waals surface area (Å²) in [5.41, 5.74) is 2.10. The molecule has 1 N–H and O–H groups in total. The summed E-state index contributed by atoms with van der Waals surface area (Å²) < 4.78 is 5.57. The van der Waals surface area contributed by atoms with E-state index in [1.807, 2.05) is 13.8 Å². The fraction of sp³-hybridized carbons (Fsp3) is 0.778. The van der Waals surface area contributed by atoms with Crippen LogP contribution in [0, 0.1) is 19.8 Å². The standard InChI is InChI=1S/C18H32N2O2/c1-5-7-9-10-12-16(11-8-6-2)13-22-18(21)17-14(3)19-20-15(17)4/h16H,5-13H2,1-4H3,(H,19,20). The maximum atomic E-state index is 12.2. The van der Waals surface area contributed by atoms with Gasteiger partial charge in [0.05, 0.1) is 12.3 Å². The minimum absolute atomic E-state index is 0.237. The number of unbranched alkanes of at least 4 members (excludes halogenated alkanes) is 4. The second-order valence-corrected chi connectivity index (χ2v) is 6.27. The normalized spacial score (nSPS) is 12.4. The fourth-order valence-electron chi connectivity index (χ4n) is 2.78. The molecule has 1 aromatic heterocycles. The van der Waals surface area contributed by atoms with Gasteiger partial charge < -0.3 is 4.74 Å². The number of aryl methyl sites for hydroxylation is 2. The summed E-state index contributed by atoms with van der Waals surface area (Å²) in [5, 5.41) is 6.90. The highest BCUT2D eigenvalue weighted by Crippen LogP contribution is 2.19. The maximum absolute atomic E-state index is 12.2. The number of hydrogen-bond acceptors (Lipinski definition) is 3. The zero-order valence-electron chi connectivity index (χ0n) is 14.7. The molecule has 0 saturated heterocycles. The van der Waals surface area contributed by atoms with Crippen molar-refractivity contribution in [1.82, 2.24) is 10.2 Å². The smallest absolute Gasteiger partial charge is 0.341 e. The molecule has 22 heavy (non-hydrogen) atoms. The molecular formula is C18H32N2O2. The van der Waals surface area contributed by atoms with Gasteiger partial charge in [-0.2, -0.15) is 5.10 Å². The van der Waals surface area contributed by atoms with E-state index in [4.69, 9.17) is 4.74 Å². The zero-order chi connectivity index (χ0) is 16.4. The highest BCUT2D eigenvalue weighted by Gasteiger charge is 2.18. The second-order valence-electron chi connectivity index (χ2n) is 6.27. The largest absolute Gasteiger partial charge is 0.462 e. The van der Waals surface area contributed by atoms with Crippen molar-refractivity contribution in [3.63, 3.8) is 0 Å². The van der Waals surface area contributed by atoms with Crippen molar-refractivity contribution in [2.75, 3.05) is 6.61 Å². The minimum atomic E-state index is -0.237. The van der Waals surface area contributed by atoms with E-state index in [0.717, 1.165) is 24.2 Å². The Morgan fingerprint density at radius 2 is 1.77 bits per heavy atom. The monoisotopic (exact) mass is 308 g/mol. The van der Waals surface area contributed by atoms with Crippen molar-refractivity contribution in [3.8, 4) is 0 Å². The molecule has 1 aromatic rings. The average molecular weight is 308 g/mol. The topological polar surface area (TPSA) is 55.0 Å². The summed E-state index contributed by atoms with van der Waals surface area (Å²) in [6, 6.07) is 0. The number of carbonyl (C=O) groups is 1. The molecule has 1 heterocycles. The van der Waals surface area contributed by atoms with Crippen LogP contribution in [-0.2, 0) is 4.74 Å². The van der Waals surface area contributed by atoms with Gasteiger partial charge >= 0.3 is 5.97 Å². The van der Waals surface area contributed by atoms with Gasteiger partial charge in [0.1, 0.15) is 5.56 Å². The summed E-state index contributed by atoms with van der Waals surface area (Å²) in [6.07, 6.45) is 9.80. The average Bonchev–Trinajstić information content (AvgIpc) is 2.84. The number of H-pyrrole nitrogens is 1. The minimum Gasteiger partial charge on any atom is -0.462 e. The van der Waals surface area contributed by atoms with E-state index in [2.05, 4.69) is 24.0 Å². The summed E-state index contributed by atoms with van der Waals surface area (Å²) in [4.78, 5) is 12.2. The lowest BCUT2D eigenvalue weighted by Crippen LogP contribution is -2.15. The number of nitrogens with one attached hydrogen (secondary N) is 1. The van der Waals surface area contributed by atoms with E-state index >= 15 is 0 Å². The number of rotatable bonds is 11. The van der Waals surface area contributed by atoms with Gasteiger partial charge in [-0.25, -0.2) is 4.79 Å². The third-order valence-corrected chi connectivity index (χ3v) is 4.21. The molecule has 0 aromatic carbocycles. The number of aromatic nitrogens is 2. The summed E-state index contributed by atoms with van der Waals surface area (Å²) in [6.45, 7) is 8.66. The predicted molar refractivity (Wildman–Crippen MR) is 90.1 cm³/mol. The van der Waals surface area contributed by atoms with Gasteiger partial charge in [0.15, 0.2) is 0 Å². The lowest BCUT2D eigenvalue weighted by Gasteiger charge is -2.16. The van der Waals surface area contributed by atoms with E-state index in [9.17, 15) is 4.79 Å². The van der Waals surface area contributed by atoms with Gasteiger partial charge in [-0.15, -0.1) is 0 Å².